The second-order valence-electron chi connectivity index (χ2n) is 5.41. The smallest absolute Gasteiger partial charge is 0.266 e. The molecule has 0 saturated heterocycles. The van der Waals surface area contributed by atoms with E-state index in [2.05, 4.69) is 0 Å². The Balaban J connectivity index is 2.12. The van der Waals surface area contributed by atoms with Gasteiger partial charge in [0.15, 0.2) is 0 Å². The van der Waals surface area contributed by atoms with Gasteiger partial charge in [0.05, 0.1) is 5.69 Å². The number of benzene rings is 2. The van der Waals surface area contributed by atoms with Gasteiger partial charge in [-0.1, -0.05) is 60.7 Å². The van der Waals surface area contributed by atoms with E-state index < -0.39 is 0 Å². The summed E-state index contributed by atoms with van der Waals surface area (Å²) in [6.07, 6.45) is 0. The third kappa shape index (κ3) is 3.24. The highest BCUT2D eigenvalue weighted by molar-refractivity contribution is 7.17. The predicted molar refractivity (Wildman–Crippen MR) is 100 cm³/mol. The SMILES string of the molecule is CCN(CC)C(=O)c1sc(-c2ccccc2)nc1-c1ccccc1. The fraction of sp³-hybridized carbons (Fsp3) is 0.200. The summed E-state index contributed by atoms with van der Waals surface area (Å²) >= 11 is 1.47. The number of rotatable bonds is 5. The van der Waals surface area contributed by atoms with Crippen LogP contribution in [0.5, 0.6) is 0 Å². The molecule has 0 spiro atoms. The van der Waals surface area contributed by atoms with E-state index in [-0.39, 0.29) is 5.91 Å². The zero-order valence-electron chi connectivity index (χ0n) is 13.9. The van der Waals surface area contributed by atoms with Crippen LogP contribution in [0.1, 0.15) is 23.5 Å². The molecule has 0 aliphatic heterocycles. The first-order valence-electron chi connectivity index (χ1n) is 8.15. The lowest BCUT2D eigenvalue weighted by Crippen LogP contribution is -2.30. The van der Waals surface area contributed by atoms with Crippen molar-refractivity contribution in [2.24, 2.45) is 0 Å². The maximum atomic E-state index is 12.9. The molecule has 3 rings (SSSR count). The summed E-state index contributed by atoms with van der Waals surface area (Å²) in [7, 11) is 0. The first-order valence-corrected chi connectivity index (χ1v) is 8.97. The van der Waals surface area contributed by atoms with Crippen LogP contribution in [0.25, 0.3) is 21.8 Å². The third-order valence-corrected chi connectivity index (χ3v) is 5.03. The maximum absolute atomic E-state index is 12.9. The number of carbonyl (C=O) groups is 1. The standard InChI is InChI=1S/C20H20N2OS/c1-3-22(4-2)20(23)18-17(15-11-7-5-8-12-15)21-19(24-18)16-13-9-6-10-14-16/h5-14H,3-4H2,1-2H3. The van der Waals surface area contributed by atoms with Crippen LogP contribution in [0.4, 0.5) is 0 Å². The van der Waals surface area contributed by atoms with Gasteiger partial charge in [-0.15, -0.1) is 11.3 Å². The molecule has 0 aliphatic carbocycles. The van der Waals surface area contributed by atoms with Crippen molar-refractivity contribution < 1.29 is 4.79 Å². The van der Waals surface area contributed by atoms with E-state index >= 15 is 0 Å². The number of nitrogens with zero attached hydrogens (tertiary/aromatic N) is 2. The van der Waals surface area contributed by atoms with Crippen molar-refractivity contribution in [2.45, 2.75) is 13.8 Å². The van der Waals surface area contributed by atoms with E-state index in [1.54, 1.807) is 0 Å². The Morgan fingerprint density at radius 3 is 2.00 bits per heavy atom. The van der Waals surface area contributed by atoms with Crippen molar-refractivity contribution >= 4 is 17.2 Å². The lowest BCUT2D eigenvalue weighted by molar-refractivity contribution is 0.0778. The molecule has 0 radical (unpaired) electrons. The Bertz CT molecular complexity index is 808. The molecule has 0 unspecified atom stereocenters. The highest BCUT2D eigenvalue weighted by atomic mass is 32.1. The van der Waals surface area contributed by atoms with Crippen molar-refractivity contribution in [3.63, 3.8) is 0 Å². The van der Waals surface area contributed by atoms with Crippen molar-refractivity contribution in [3.8, 4) is 21.8 Å². The van der Waals surface area contributed by atoms with Gasteiger partial charge in [-0.05, 0) is 13.8 Å². The topological polar surface area (TPSA) is 33.2 Å². The van der Waals surface area contributed by atoms with Crippen molar-refractivity contribution in [3.05, 3.63) is 65.5 Å². The molecule has 0 N–H and O–H groups in total. The average molecular weight is 336 g/mol. The molecule has 0 bridgehead atoms. The lowest BCUT2D eigenvalue weighted by atomic mass is 10.1. The Morgan fingerprint density at radius 2 is 1.46 bits per heavy atom. The molecule has 24 heavy (non-hydrogen) atoms. The van der Waals surface area contributed by atoms with Gasteiger partial charge in [-0.25, -0.2) is 4.98 Å². The van der Waals surface area contributed by atoms with Gasteiger partial charge < -0.3 is 4.90 Å². The highest BCUT2D eigenvalue weighted by Gasteiger charge is 2.23. The molecule has 1 amide bonds. The first kappa shape index (κ1) is 16.4. The fourth-order valence-corrected chi connectivity index (χ4v) is 3.68. The number of amides is 1. The second-order valence-corrected chi connectivity index (χ2v) is 6.41. The number of aromatic nitrogens is 1. The second kappa shape index (κ2) is 7.41. The minimum Gasteiger partial charge on any atom is -0.338 e. The summed E-state index contributed by atoms with van der Waals surface area (Å²) in [6.45, 7) is 5.40. The largest absolute Gasteiger partial charge is 0.338 e. The minimum absolute atomic E-state index is 0.0542. The van der Waals surface area contributed by atoms with E-state index in [0.29, 0.717) is 18.0 Å². The highest BCUT2D eigenvalue weighted by Crippen LogP contribution is 2.34. The Kier molecular flexibility index (Phi) is 5.06. The Labute approximate surface area is 146 Å². The number of thiazole rings is 1. The zero-order chi connectivity index (χ0) is 16.9. The van der Waals surface area contributed by atoms with E-state index in [1.165, 1.54) is 11.3 Å². The van der Waals surface area contributed by atoms with Crippen LogP contribution in [0.15, 0.2) is 60.7 Å². The van der Waals surface area contributed by atoms with E-state index in [4.69, 9.17) is 4.98 Å². The summed E-state index contributed by atoms with van der Waals surface area (Å²) in [5.41, 5.74) is 2.79. The van der Waals surface area contributed by atoms with Gasteiger partial charge in [0.1, 0.15) is 9.88 Å². The molecule has 2 aromatic carbocycles. The van der Waals surface area contributed by atoms with Gasteiger partial charge in [-0.2, -0.15) is 0 Å². The van der Waals surface area contributed by atoms with Gasteiger partial charge in [0.25, 0.3) is 5.91 Å². The van der Waals surface area contributed by atoms with E-state index in [1.807, 2.05) is 79.4 Å². The molecule has 4 heteroatoms. The number of hydrogen-bond acceptors (Lipinski definition) is 3. The van der Waals surface area contributed by atoms with Gasteiger partial charge in [0.2, 0.25) is 0 Å². The summed E-state index contributed by atoms with van der Waals surface area (Å²) in [6, 6.07) is 19.9. The fourth-order valence-electron chi connectivity index (χ4n) is 2.62. The molecular weight excluding hydrogens is 316 g/mol. The van der Waals surface area contributed by atoms with Crippen molar-refractivity contribution in [1.82, 2.24) is 9.88 Å². The van der Waals surface area contributed by atoms with Gasteiger partial charge in [0, 0.05) is 24.2 Å². The molecule has 1 heterocycles. The van der Waals surface area contributed by atoms with Crippen LogP contribution in [-0.4, -0.2) is 28.9 Å². The lowest BCUT2D eigenvalue weighted by Gasteiger charge is -2.18. The van der Waals surface area contributed by atoms with Crippen LogP contribution in [0.2, 0.25) is 0 Å². The van der Waals surface area contributed by atoms with E-state index in [9.17, 15) is 4.79 Å². The number of hydrogen-bond donors (Lipinski definition) is 0. The van der Waals surface area contributed by atoms with Crippen molar-refractivity contribution in [2.75, 3.05) is 13.1 Å². The molecular formula is C20H20N2OS. The van der Waals surface area contributed by atoms with Crippen LogP contribution in [0, 0.1) is 0 Å². The van der Waals surface area contributed by atoms with Crippen LogP contribution >= 0.6 is 11.3 Å². The summed E-state index contributed by atoms with van der Waals surface area (Å²) in [5.74, 6) is 0.0542. The van der Waals surface area contributed by atoms with Crippen molar-refractivity contribution in [1.29, 1.82) is 0 Å². The molecule has 0 aliphatic rings. The van der Waals surface area contributed by atoms with Gasteiger partial charge >= 0.3 is 0 Å². The molecule has 3 aromatic rings. The third-order valence-electron chi connectivity index (χ3n) is 3.94. The van der Waals surface area contributed by atoms with Crippen LogP contribution in [0.3, 0.4) is 0 Å². The molecule has 0 atom stereocenters. The molecule has 3 nitrogen and oxygen atoms in total. The Morgan fingerprint density at radius 1 is 0.917 bits per heavy atom. The minimum atomic E-state index is 0.0542. The summed E-state index contributed by atoms with van der Waals surface area (Å²) in [5, 5.41) is 0.880. The monoisotopic (exact) mass is 336 g/mol. The van der Waals surface area contributed by atoms with E-state index in [0.717, 1.165) is 21.8 Å². The predicted octanol–water partition coefficient (Wildman–Crippen LogP) is 4.96. The quantitative estimate of drug-likeness (QED) is 0.660. The zero-order valence-corrected chi connectivity index (χ0v) is 14.7. The maximum Gasteiger partial charge on any atom is 0.266 e. The summed E-state index contributed by atoms with van der Waals surface area (Å²) in [4.78, 5) is 20.3. The van der Waals surface area contributed by atoms with Crippen LogP contribution in [-0.2, 0) is 0 Å². The van der Waals surface area contributed by atoms with Crippen LogP contribution < -0.4 is 0 Å². The summed E-state index contributed by atoms with van der Waals surface area (Å²) < 4.78 is 0. The molecule has 122 valence electrons. The Hall–Kier alpha value is -2.46. The first-order chi connectivity index (χ1) is 11.7. The molecule has 1 aromatic heterocycles. The molecule has 0 fully saturated rings. The number of carbonyl (C=O) groups excluding carboxylic acids is 1. The molecule has 0 saturated carbocycles. The normalized spacial score (nSPS) is 10.6. The van der Waals surface area contributed by atoms with Gasteiger partial charge in [-0.3, -0.25) is 4.79 Å². The average Bonchev–Trinajstić information content (AvgIpc) is 3.09.